The first-order valence-corrected chi connectivity index (χ1v) is 10.8. The van der Waals surface area contributed by atoms with E-state index in [1.54, 1.807) is 7.05 Å². The van der Waals surface area contributed by atoms with Gasteiger partial charge < -0.3 is 10.2 Å². The van der Waals surface area contributed by atoms with Gasteiger partial charge in [-0.2, -0.15) is 0 Å². The highest BCUT2D eigenvalue weighted by Gasteiger charge is 2.45. The van der Waals surface area contributed by atoms with Crippen molar-refractivity contribution in [2.24, 2.45) is 10.8 Å². The summed E-state index contributed by atoms with van der Waals surface area (Å²) in [5.74, 6) is 0.298. The Morgan fingerprint density at radius 2 is 1.67 bits per heavy atom. The van der Waals surface area contributed by atoms with E-state index in [2.05, 4.69) is 29.0 Å². The van der Waals surface area contributed by atoms with E-state index in [0.29, 0.717) is 11.5 Å². The average Bonchev–Trinajstić information content (AvgIpc) is 3.02. The third-order valence-corrected chi connectivity index (χ3v) is 7.25. The molecule has 0 radical (unpaired) electrons. The number of carbonyl (C=O) groups excluding carboxylic acids is 2. The second-order valence-corrected chi connectivity index (χ2v) is 9.86. The van der Waals surface area contributed by atoms with Gasteiger partial charge in [0.2, 0.25) is 11.8 Å². The van der Waals surface area contributed by atoms with E-state index < -0.39 is 5.41 Å². The topological polar surface area (TPSA) is 52.7 Å². The molecule has 5 heteroatoms. The number of hydrogen-bond donors (Lipinski definition) is 1. The van der Waals surface area contributed by atoms with Gasteiger partial charge in [-0.25, -0.2) is 0 Å². The van der Waals surface area contributed by atoms with Crippen LogP contribution in [-0.2, 0) is 9.59 Å². The molecule has 0 aromatic carbocycles. The van der Waals surface area contributed by atoms with E-state index in [9.17, 15) is 9.59 Å². The van der Waals surface area contributed by atoms with Crippen LogP contribution in [0.25, 0.3) is 0 Å². The SMILES string of the molecule is CCC1(CC)CCC(N(C(=O)C(C)(C)C)[C@H]2C[C@@H](C(=O)NC)N(C)C2)CC1. The highest BCUT2D eigenvalue weighted by molar-refractivity contribution is 5.84. The van der Waals surface area contributed by atoms with Crippen LogP contribution in [0.1, 0.15) is 79.6 Å². The van der Waals surface area contributed by atoms with Crippen LogP contribution < -0.4 is 5.32 Å². The fraction of sp³-hybridized carbons (Fsp3) is 0.909. The van der Waals surface area contributed by atoms with Crippen molar-refractivity contribution in [2.75, 3.05) is 20.6 Å². The maximum absolute atomic E-state index is 13.4. The van der Waals surface area contributed by atoms with Gasteiger partial charge in [-0.3, -0.25) is 14.5 Å². The van der Waals surface area contributed by atoms with Gasteiger partial charge in [0.25, 0.3) is 0 Å². The number of rotatable bonds is 5. The predicted octanol–water partition coefficient (Wildman–Crippen LogP) is 3.43. The van der Waals surface area contributed by atoms with Gasteiger partial charge >= 0.3 is 0 Å². The fourth-order valence-electron chi connectivity index (χ4n) is 5.11. The second kappa shape index (κ2) is 8.50. The van der Waals surface area contributed by atoms with Crippen molar-refractivity contribution in [1.29, 1.82) is 0 Å². The Bertz CT molecular complexity index is 526. The number of amides is 2. The monoisotopic (exact) mass is 379 g/mol. The Morgan fingerprint density at radius 3 is 2.11 bits per heavy atom. The van der Waals surface area contributed by atoms with Gasteiger partial charge in [0.1, 0.15) is 0 Å². The Morgan fingerprint density at radius 1 is 1.11 bits per heavy atom. The van der Waals surface area contributed by atoms with Crippen LogP contribution in [0.4, 0.5) is 0 Å². The Kier molecular flexibility index (Phi) is 6.99. The molecular weight excluding hydrogens is 338 g/mol. The molecule has 156 valence electrons. The quantitative estimate of drug-likeness (QED) is 0.796. The number of carbonyl (C=O) groups is 2. The molecule has 2 fully saturated rings. The molecule has 1 saturated carbocycles. The highest BCUT2D eigenvalue weighted by atomic mass is 16.2. The number of hydrogen-bond acceptors (Lipinski definition) is 3. The van der Waals surface area contributed by atoms with E-state index in [1.807, 2.05) is 27.8 Å². The van der Waals surface area contributed by atoms with Crippen LogP contribution in [0, 0.1) is 10.8 Å². The van der Waals surface area contributed by atoms with Crippen LogP contribution in [0.5, 0.6) is 0 Å². The molecule has 5 nitrogen and oxygen atoms in total. The summed E-state index contributed by atoms with van der Waals surface area (Å²) < 4.78 is 0. The lowest BCUT2D eigenvalue weighted by molar-refractivity contribution is -0.146. The van der Waals surface area contributed by atoms with Gasteiger partial charge in [0.05, 0.1) is 6.04 Å². The molecule has 1 saturated heterocycles. The molecule has 0 aromatic rings. The molecule has 2 rings (SSSR count). The van der Waals surface area contributed by atoms with Crippen LogP contribution >= 0.6 is 0 Å². The number of likely N-dealkylation sites (tertiary alicyclic amines) is 1. The lowest BCUT2D eigenvalue weighted by Crippen LogP contribution is -2.53. The second-order valence-electron chi connectivity index (χ2n) is 9.86. The zero-order valence-electron chi connectivity index (χ0n) is 18.6. The summed E-state index contributed by atoms with van der Waals surface area (Å²) in [6, 6.07) is 0.304. The molecule has 1 aliphatic carbocycles. The minimum atomic E-state index is -0.395. The van der Waals surface area contributed by atoms with Crippen molar-refractivity contribution >= 4 is 11.8 Å². The first-order chi connectivity index (χ1) is 12.6. The molecular formula is C22H41N3O2. The van der Waals surface area contributed by atoms with Crippen molar-refractivity contribution in [3.8, 4) is 0 Å². The zero-order valence-corrected chi connectivity index (χ0v) is 18.6. The summed E-state index contributed by atoms with van der Waals surface area (Å²) in [5, 5.41) is 2.78. The molecule has 1 N–H and O–H groups in total. The number of nitrogens with one attached hydrogen (secondary N) is 1. The zero-order chi connectivity index (χ0) is 20.4. The van der Waals surface area contributed by atoms with E-state index in [0.717, 1.165) is 25.8 Å². The first kappa shape index (κ1) is 22.2. The Hall–Kier alpha value is -1.10. The largest absolute Gasteiger partial charge is 0.358 e. The van der Waals surface area contributed by atoms with Crippen molar-refractivity contribution in [3.05, 3.63) is 0 Å². The van der Waals surface area contributed by atoms with Gasteiger partial charge in [0, 0.05) is 31.1 Å². The third kappa shape index (κ3) is 4.67. The van der Waals surface area contributed by atoms with E-state index in [-0.39, 0.29) is 23.9 Å². The minimum absolute atomic E-state index is 0.0581. The highest BCUT2D eigenvalue weighted by Crippen LogP contribution is 2.44. The summed E-state index contributed by atoms with van der Waals surface area (Å²) in [6.07, 6.45) is 7.80. The lowest BCUT2D eigenvalue weighted by atomic mass is 9.68. The molecule has 0 aromatic heterocycles. The average molecular weight is 380 g/mol. The fourth-order valence-corrected chi connectivity index (χ4v) is 5.11. The van der Waals surface area contributed by atoms with E-state index in [4.69, 9.17) is 0 Å². The molecule has 2 atom stereocenters. The lowest BCUT2D eigenvalue weighted by Gasteiger charge is -2.46. The van der Waals surface area contributed by atoms with Crippen LogP contribution in [-0.4, -0.2) is 60.4 Å². The van der Waals surface area contributed by atoms with Crippen LogP contribution in [0.15, 0.2) is 0 Å². The molecule has 0 spiro atoms. The minimum Gasteiger partial charge on any atom is -0.358 e. The standard InChI is InChI=1S/C22H41N3O2/c1-8-22(9-2)12-10-16(11-13-22)25(20(27)21(3,4)5)17-14-18(19(26)23-6)24(7)15-17/h16-18H,8-15H2,1-7H3,(H,23,26)/t17-,18-/m0/s1. The first-order valence-electron chi connectivity index (χ1n) is 10.8. The summed E-state index contributed by atoms with van der Waals surface area (Å²) in [7, 11) is 3.69. The van der Waals surface area contributed by atoms with Crippen LogP contribution in [0.2, 0.25) is 0 Å². The summed E-state index contributed by atoms with van der Waals surface area (Å²) in [4.78, 5) is 30.0. The third-order valence-electron chi connectivity index (χ3n) is 7.25. The molecule has 0 bridgehead atoms. The molecule has 27 heavy (non-hydrogen) atoms. The van der Waals surface area contributed by atoms with E-state index >= 15 is 0 Å². The summed E-state index contributed by atoms with van der Waals surface area (Å²) in [5.41, 5.74) is 0.0672. The summed E-state index contributed by atoms with van der Waals surface area (Å²) in [6.45, 7) is 11.4. The smallest absolute Gasteiger partial charge is 0.237 e. The molecule has 2 aliphatic rings. The van der Waals surface area contributed by atoms with Gasteiger partial charge in [0.15, 0.2) is 0 Å². The maximum Gasteiger partial charge on any atom is 0.237 e. The van der Waals surface area contributed by atoms with Gasteiger partial charge in [-0.15, -0.1) is 0 Å². The Labute approximate surface area is 166 Å². The van der Waals surface area contributed by atoms with Gasteiger partial charge in [-0.1, -0.05) is 47.5 Å². The van der Waals surface area contributed by atoms with Crippen molar-refractivity contribution in [2.45, 2.75) is 97.7 Å². The van der Waals surface area contributed by atoms with Crippen LogP contribution in [0.3, 0.4) is 0 Å². The number of nitrogens with zero attached hydrogens (tertiary/aromatic N) is 2. The van der Waals surface area contributed by atoms with Crippen molar-refractivity contribution in [3.63, 3.8) is 0 Å². The van der Waals surface area contributed by atoms with Crippen molar-refractivity contribution in [1.82, 2.24) is 15.1 Å². The van der Waals surface area contributed by atoms with E-state index in [1.165, 1.54) is 25.7 Å². The summed E-state index contributed by atoms with van der Waals surface area (Å²) >= 11 is 0. The Balaban J connectivity index is 2.21. The normalized spacial score (nSPS) is 26.8. The number of likely N-dealkylation sites (N-methyl/N-ethyl adjacent to an activating group) is 2. The molecule has 1 heterocycles. The van der Waals surface area contributed by atoms with Gasteiger partial charge in [-0.05, 0) is 44.6 Å². The molecule has 2 amide bonds. The maximum atomic E-state index is 13.4. The molecule has 1 aliphatic heterocycles. The molecule has 0 unspecified atom stereocenters. The predicted molar refractivity (Wildman–Crippen MR) is 110 cm³/mol. The van der Waals surface area contributed by atoms with Crippen molar-refractivity contribution < 1.29 is 9.59 Å².